The van der Waals surface area contributed by atoms with Crippen LogP contribution in [0, 0.1) is 5.92 Å². The van der Waals surface area contributed by atoms with E-state index < -0.39 is 29.6 Å². The van der Waals surface area contributed by atoms with Gasteiger partial charge >= 0.3 is 0 Å². The van der Waals surface area contributed by atoms with Crippen LogP contribution < -0.4 is 5.32 Å². The lowest BCUT2D eigenvalue weighted by molar-refractivity contribution is -0.116. The van der Waals surface area contributed by atoms with Crippen LogP contribution in [0.4, 0.5) is 4.39 Å². The number of aromatic nitrogens is 2. The minimum atomic E-state index is -1.38. The Morgan fingerprint density at radius 1 is 1.08 bits per heavy atom. The van der Waals surface area contributed by atoms with Crippen LogP contribution in [0.2, 0.25) is 0 Å². The van der Waals surface area contributed by atoms with Crippen molar-refractivity contribution in [1.82, 2.24) is 15.3 Å². The third-order valence-corrected chi connectivity index (χ3v) is 6.03. The highest BCUT2D eigenvalue weighted by atomic mass is 19.1. The lowest BCUT2D eigenvalue weighted by Gasteiger charge is -2.28. The summed E-state index contributed by atoms with van der Waals surface area (Å²) < 4.78 is 14.2. The second-order valence-electron chi connectivity index (χ2n) is 9.88. The van der Waals surface area contributed by atoms with Gasteiger partial charge in [-0.25, -0.2) is 9.37 Å². The molecule has 1 heterocycles. The minimum absolute atomic E-state index is 0.148. The van der Waals surface area contributed by atoms with Gasteiger partial charge in [-0.1, -0.05) is 42.5 Å². The van der Waals surface area contributed by atoms with E-state index in [1.165, 1.54) is 27.0 Å². The maximum absolute atomic E-state index is 14.2. The number of benzene rings is 2. The Bertz CT molecular complexity index is 1210. The summed E-state index contributed by atoms with van der Waals surface area (Å²) in [5.41, 5.74) is 0.982. The zero-order valence-electron chi connectivity index (χ0n) is 21.5. The van der Waals surface area contributed by atoms with Crippen LogP contribution in [0.25, 0.3) is 11.0 Å². The van der Waals surface area contributed by atoms with Crippen LogP contribution in [-0.2, 0) is 11.2 Å². The summed E-state index contributed by atoms with van der Waals surface area (Å²) in [4.78, 5) is 33.0. The molecule has 9 heteroatoms. The number of nitrogens with zero attached hydrogens (tertiary/aromatic N) is 4. The maximum Gasteiger partial charge on any atom is 0.271 e. The van der Waals surface area contributed by atoms with E-state index in [2.05, 4.69) is 25.5 Å². The first kappa shape index (κ1) is 28.0. The van der Waals surface area contributed by atoms with Crippen molar-refractivity contribution in [3.05, 3.63) is 72.1 Å². The quantitative estimate of drug-likeness (QED) is 0.339. The Morgan fingerprint density at radius 2 is 1.76 bits per heavy atom. The number of azo groups is 1. The molecule has 0 saturated carbocycles. The number of fused-ring (bicyclic) bond motifs is 1. The zero-order chi connectivity index (χ0) is 26.8. The SMILES string of the molecule is CC(=O)N=NCC(CCC(C)(C)F)CC(O)C(Cc1ccccc1)NC(=O)c1cnc2ccccc2n1. The summed E-state index contributed by atoms with van der Waals surface area (Å²) >= 11 is 0. The largest absolute Gasteiger partial charge is 0.391 e. The average Bonchev–Trinajstić information content (AvgIpc) is 2.86. The second kappa shape index (κ2) is 13.1. The highest BCUT2D eigenvalue weighted by Crippen LogP contribution is 2.24. The number of nitrogens with one attached hydrogen (secondary N) is 1. The lowest BCUT2D eigenvalue weighted by atomic mass is 9.88. The number of rotatable bonds is 12. The van der Waals surface area contributed by atoms with E-state index in [0.29, 0.717) is 23.9 Å². The fourth-order valence-corrected chi connectivity index (χ4v) is 4.05. The first-order chi connectivity index (χ1) is 17.6. The smallest absolute Gasteiger partial charge is 0.271 e. The molecular formula is C28H34FN5O3. The van der Waals surface area contributed by atoms with Gasteiger partial charge in [0.2, 0.25) is 0 Å². The van der Waals surface area contributed by atoms with Gasteiger partial charge in [0, 0.05) is 6.92 Å². The number of carbonyl (C=O) groups is 2. The van der Waals surface area contributed by atoms with E-state index in [9.17, 15) is 19.1 Å². The number of alkyl halides is 1. The molecule has 2 N–H and O–H groups in total. The Labute approximate surface area is 216 Å². The number of amides is 2. The van der Waals surface area contributed by atoms with Crippen molar-refractivity contribution in [2.45, 2.75) is 64.3 Å². The molecule has 1 aromatic heterocycles. The van der Waals surface area contributed by atoms with E-state index in [4.69, 9.17) is 0 Å². The fraction of sp³-hybridized carbons (Fsp3) is 0.429. The molecule has 0 saturated heterocycles. The number of carbonyl (C=O) groups excluding carboxylic acids is 2. The van der Waals surface area contributed by atoms with Gasteiger partial charge in [0.15, 0.2) is 0 Å². The molecule has 196 valence electrons. The first-order valence-electron chi connectivity index (χ1n) is 12.4. The van der Waals surface area contributed by atoms with Crippen LogP contribution in [-0.4, -0.2) is 51.2 Å². The van der Waals surface area contributed by atoms with Crippen LogP contribution >= 0.6 is 0 Å². The van der Waals surface area contributed by atoms with Crippen LogP contribution in [0.15, 0.2) is 71.0 Å². The Balaban J connectivity index is 1.79. The molecule has 8 nitrogen and oxygen atoms in total. The molecular weight excluding hydrogens is 473 g/mol. The molecule has 2 aromatic carbocycles. The van der Waals surface area contributed by atoms with E-state index >= 15 is 0 Å². The third kappa shape index (κ3) is 9.42. The number of hydrogen-bond donors (Lipinski definition) is 2. The Morgan fingerprint density at radius 3 is 2.43 bits per heavy atom. The highest BCUT2D eigenvalue weighted by molar-refractivity contribution is 5.94. The number of para-hydroxylation sites is 2. The second-order valence-corrected chi connectivity index (χ2v) is 9.88. The van der Waals surface area contributed by atoms with Gasteiger partial charge in [0.05, 0.1) is 35.9 Å². The van der Waals surface area contributed by atoms with Gasteiger partial charge in [-0.05, 0) is 63.1 Å². The lowest BCUT2D eigenvalue weighted by Crippen LogP contribution is -2.46. The molecule has 3 unspecified atom stereocenters. The van der Waals surface area contributed by atoms with Crippen molar-refractivity contribution in [3.8, 4) is 0 Å². The summed E-state index contributed by atoms with van der Waals surface area (Å²) in [5, 5.41) is 21.7. The van der Waals surface area contributed by atoms with E-state index in [1.807, 2.05) is 48.5 Å². The summed E-state index contributed by atoms with van der Waals surface area (Å²) in [6.07, 6.45) is 1.79. The topological polar surface area (TPSA) is 117 Å². The van der Waals surface area contributed by atoms with Crippen molar-refractivity contribution in [2.24, 2.45) is 16.1 Å². The zero-order valence-corrected chi connectivity index (χ0v) is 21.5. The van der Waals surface area contributed by atoms with Gasteiger partial charge in [-0.2, -0.15) is 5.11 Å². The van der Waals surface area contributed by atoms with Gasteiger partial charge < -0.3 is 10.4 Å². The van der Waals surface area contributed by atoms with E-state index in [0.717, 1.165) is 5.56 Å². The van der Waals surface area contributed by atoms with Crippen molar-refractivity contribution >= 4 is 22.8 Å². The normalized spacial score (nSPS) is 14.4. The number of halogens is 1. The van der Waals surface area contributed by atoms with Crippen molar-refractivity contribution < 1.29 is 19.1 Å². The number of hydrogen-bond acceptors (Lipinski definition) is 6. The predicted molar refractivity (Wildman–Crippen MR) is 140 cm³/mol. The first-order valence-corrected chi connectivity index (χ1v) is 12.4. The molecule has 3 atom stereocenters. The third-order valence-electron chi connectivity index (χ3n) is 6.03. The monoisotopic (exact) mass is 507 g/mol. The van der Waals surface area contributed by atoms with Gasteiger partial charge in [0.1, 0.15) is 11.4 Å². The average molecular weight is 508 g/mol. The van der Waals surface area contributed by atoms with Gasteiger partial charge in [-0.3, -0.25) is 14.6 Å². The molecule has 0 aliphatic rings. The van der Waals surface area contributed by atoms with Crippen molar-refractivity contribution in [3.63, 3.8) is 0 Å². The molecule has 2 amide bonds. The molecule has 3 aromatic rings. The Hall–Kier alpha value is -3.59. The van der Waals surface area contributed by atoms with Gasteiger partial charge in [-0.15, -0.1) is 5.11 Å². The summed E-state index contributed by atoms with van der Waals surface area (Å²) in [5.74, 6) is -1.10. The molecule has 0 aliphatic heterocycles. The predicted octanol–water partition coefficient (Wildman–Crippen LogP) is 4.87. The summed E-state index contributed by atoms with van der Waals surface area (Å²) in [6, 6.07) is 16.1. The molecule has 0 aliphatic carbocycles. The number of aliphatic hydroxyl groups is 1. The standard InChI is InChI=1S/C28H34FN5O3/c1-19(35)34-31-17-21(13-14-28(2,3)29)16-26(36)24(15-20-9-5-4-6-10-20)33-27(37)25-18-30-22-11-7-8-12-23(22)32-25/h4-12,18,21,24,26,36H,13-17H2,1-3H3,(H,33,37). The fourth-order valence-electron chi connectivity index (χ4n) is 4.05. The number of aliphatic hydroxyl groups excluding tert-OH is 1. The van der Waals surface area contributed by atoms with Crippen LogP contribution in [0.5, 0.6) is 0 Å². The van der Waals surface area contributed by atoms with Crippen molar-refractivity contribution in [2.75, 3.05) is 6.54 Å². The Kier molecular flexibility index (Phi) is 9.91. The summed E-state index contributed by atoms with van der Waals surface area (Å²) in [7, 11) is 0. The van der Waals surface area contributed by atoms with Crippen molar-refractivity contribution in [1.29, 1.82) is 0 Å². The molecule has 0 bridgehead atoms. The molecule has 3 rings (SSSR count). The summed E-state index contributed by atoms with van der Waals surface area (Å²) in [6.45, 7) is 4.48. The van der Waals surface area contributed by atoms with E-state index in [-0.39, 0.29) is 31.0 Å². The molecule has 0 radical (unpaired) electrons. The van der Waals surface area contributed by atoms with E-state index in [1.54, 1.807) is 6.07 Å². The minimum Gasteiger partial charge on any atom is -0.391 e. The highest BCUT2D eigenvalue weighted by Gasteiger charge is 2.27. The van der Waals surface area contributed by atoms with Crippen LogP contribution in [0.1, 0.15) is 56.1 Å². The van der Waals surface area contributed by atoms with Crippen LogP contribution in [0.3, 0.4) is 0 Å². The molecule has 37 heavy (non-hydrogen) atoms. The molecule has 0 spiro atoms. The molecule has 0 fully saturated rings. The van der Waals surface area contributed by atoms with Gasteiger partial charge in [0.25, 0.3) is 11.8 Å². The maximum atomic E-state index is 14.2.